The number of rotatable bonds is 7. The maximum absolute atomic E-state index is 16.0. The Hall–Kier alpha value is -1.52. The molecule has 0 aliphatic heterocycles. The molecule has 4 aliphatic carbocycles. The SMILES string of the molecule is C[C@H](CCCC(O)c1ccc(OC(F)(F)F)cc1F)[C@H]1CC[C@H]2[C@H]3[C@H](CC[C@]12C)[C@@]1(C)CC[C@H](O)[C@H](O)[C@@H]1CC3(F)F. The summed E-state index contributed by atoms with van der Waals surface area (Å²) in [6.07, 6.45) is -2.88. The van der Waals surface area contributed by atoms with Crippen LogP contribution in [0.3, 0.4) is 0 Å². The zero-order chi connectivity index (χ0) is 30.8. The molecule has 0 spiro atoms. The smallest absolute Gasteiger partial charge is 0.406 e. The number of fused-ring (bicyclic) bond motifs is 5. The summed E-state index contributed by atoms with van der Waals surface area (Å²) in [7, 11) is 0. The van der Waals surface area contributed by atoms with E-state index in [1.165, 1.54) is 0 Å². The molecule has 4 aliphatic rings. The molecular formula is C32H44F6O4. The van der Waals surface area contributed by atoms with Crippen LogP contribution in [0.25, 0.3) is 0 Å². The summed E-state index contributed by atoms with van der Waals surface area (Å²) in [6, 6.07) is 2.70. The van der Waals surface area contributed by atoms with Gasteiger partial charge in [0.1, 0.15) is 11.6 Å². The molecule has 238 valence electrons. The van der Waals surface area contributed by atoms with Gasteiger partial charge in [-0.15, -0.1) is 13.2 Å². The fraction of sp³-hybridized carbons (Fsp3) is 0.812. The summed E-state index contributed by atoms with van der Waals surface area (Å²) >= 11 is 0. The first kappa shape index (κ1) is 31.9. The normalized spacial score (nSPS) is 40.9. The lowest BCUT2D eigenvalue weighted by Crippen LogP contribution is -2.64. The molecule has 0 heterocycles. The Morgan fingerprint density at radius 2 is 1.62 bits per heavy atom. The van der Waals surface area contributed by atoms with E-state index in [-0.39, 0.29) is 47.5 Å². The van der Waals surface area contributed by atoms with Crippen LogP contribution in [0.1, 0.15) is 96.6 Å². The lowest BCUT2D eigenvalue weighted by atomic mass is 9.43. The Morgan fingerprint density at radius 1 is 0.952 bits per heavy atom. The molecule has 0 radical (unpaired) electrons. The largest absolute Gasteiger partial charge is 0.573 e. The molecule has 0 aromatic heterocycles. The number of alkyl halides is 5. The second-order valence-electron chi connectivity index (χ2n) is 14.3. The highest BCUT2D eigenvalue weighted by Gasteiger charge is 2.69. The highest BCUT2D eigenvalue weighted by Crippen LogP contribution is 2.71. The van der Waals surface area contributed by atoms with Crippen LogP contribution in [0.15, 0.2) is 18.2 Å². The molecule has 4 saturated carbocycles. The minimum Gasteiger partial charge on any atom is -0.406 e. The lowest BCUT2D eigenvalue weighted by molar-refractivity contribution is -0.274. The van der Waals surface area contributed by atoms with E-state index < -0.39 is 59.4 Å². The van der Waals surface area contributed by atoms with E-state index in [1.54, 1.807) is 0 Å². The molecule has 11 atom stereocenters. The summed E-state index contributed by atoms with van der Waals surface area (Å²) in [4.78, 5) is 0. The van der Waals surface area contributed by atoms with E-state index in [0.29, 0.717) is 31.7 Å². The van der Waals surface area contributed by atoms with Gasteiger partial charge in [0.15, 0.2) is 0 Å². The van der Waals surface area contributed by atoms with Gasteiger partial charge in [0.05, 0.1) is 18.3 Å². The predicted molar refractivity (Wildman–Crippen MR) is 144 cm³/mol. The Kier molecular flexibility index (Phi) is 8.45. The molecule has 1 aromatic carbocycles. The number of halogens is 6. The third-order valence-electron chi connectivity index (χ3n) is 12.2. The van der Waals surface area contributed by atoms with E-state index in [1.807, 2.05) is 0 Å². The highest BCUT2D eigenvalue weighted by molar-refractivity contribution is 5.30. The number of aliphatic hydroxyl groups excluding tert-OH is 3. The van der Waals surface area contributed by atoms with Crippen LogP contribution in [0.4, 0.5) is 26.3 Å². The summed E-state index contributed by atoms with van der Waals surface area (Å²) in [6.45, 7) is 6.35. The Morgan fingerprint density at radius 3 is 2.29 bits per heavy atom. The van der Waals surface area contributed by atoms with Crippen LogP contribution in [0.5, 0.6) is 5.75 Å². The van der Waals surface area contributed by atoms with Crippen LogP contribution >= 0.6 is 0 Å². The van der Waals surface area contributed by atoms with Crippen molar-refractivity contribution >= 4 is 0 Å². The van der Waals surface area contributed by atoms with Gasteiger partial charge < -0.3 is 20.1 Å². The molecule has 0 amide bonds. The van der Waals surface area contributed by atoms with Crippen molar-refractivity contribution in [3.63, 3.8) is 0 Å². The molecule has 10 heteroatoms. The van der Waals surface area contributed by atoms with Crippen molar-refractivity contribution in [1.29, 1.82) is 0 Å². The molecule has 0 bridgehead atoms. The van der Waals surface area contributed by atoms with Crippen LogP contribution in [0, 0.1) is 52.2 Å². The summed E-state index contributed by atoms with van der Waals surface area (Å²) in [5.74, 6) is -5.81. The van der Waals surface area contributed by atoms with Crippen molar-refractivity contribution in [3.05, 3.63) is 29.6 Å². The average molecular weight is 607 g/mol. The van der Waals surface area contributed by atoms with Gasteiger partial charge in [-0.1, -0.05) is 33.6 Å². The molecule has 42 heavy (non-hydrogen) atoms. The third-order valence-corrected chi connectivity index (χ3v) is 12.2. The molecule has 4 fully saturated rings. The molecule has 0 saturated heterocycles. The minimum absolute atomic E-state index is 0.0879. The number of hydrogen-bond donors (Lipinski definition) is 3. The van der Waals surface area contributed by atoms with Gasteiger partial charge in [0.2, 0.25) is 0 Å². The maximum Gasteiger partial charge on any atom is 0.573 e. The number of hydrogen-bond acceptors (Lipinski definition) is 4. The third kappa shape index (κ3) is 5.57. The maximum atomic E-state index is 16.0. The first-order valence-electron chi connectivity index (χ1n) is 15.4. The topological polar surface area (TPSA) is 69.9 Å². The van der Waals surface area contributed by atoms with Gasteiger partial charge in [-0.05, 0) is 97.5 Å². The van der Waals surface area contributed by atoms with E-state index in [9.17, 15) is 32.9 Å². The fourth-order valence-corrected chi connectivity index (χ4v) is 10.1. The second kappa shape index (κ2) is 11.1. The monoisotopic (exact) mass is 606 g/mol. The van der Waals surface area contributed by atoms with Crippen molar-refractivity contribution in [1.82, 2.24) is 0 Å². The molecule has 1 aromatic rings. The number of aliphatic hydroxyl groups is 3. The van der Waals surface area contributed by atoms with Gasteiger partial charge in [-0.2, -0.15) is 0 Å². The van der Waals surface area contributed by atoms with Gasteiger partial charge in [0, 0.05) is 24.0 Å². The molecule has 1 unspecified atom stereocenters. The average Bonchev–Trinajstić information content (AvgIpc) is 3.24. The summed E-state index contributed by atoms with van der Waals surface area (Å²) < 4.78 is 87.4. The van der Waals surface area contributed by atoms with E-state index >= 15 is 8.78 Å². The number of ether oxygens (including phenoxy) is 1. The molecule has 4 nitrogen and oxygen atoms in total. The molecule has 3 N–H and O–H groups in total. The van der Waals surface area contributed by atoms with Crippen molar-refractivity contribution in [2.24, 2.45) is 46.3 Å². The van der Waals surface area contributed by atoms with Crippen LogP contribution < -0.4 is 4.74 Å². The molecular weight excluding hydrogens is 562 g/mol. The summed E-state index contributed by atoms with van der Waals surface area (Å²) in [5.41, 5.74) is -0.757. The Balaban J connectivity index is 1.23. The van der Waals surface area contributed by atoms with Gasteiger partial charge in [-0.25, -0.2) is 13.2 Å². The second-order valence-corrected chi connectivity index (χ2v) is 14.3. The van der Waals surface area contributed by atoms with Gasteiger partial charge in [0.25, 0.3) is 5.92 Å². The van der Waals surface area contributed by atoms with E-state index in [2.05, 4.69) is 25.5 Å². The first-order valence-corrected chi connectivity index (χ1v) is 15.4. The quantitative estimate of drug-likeness (QED) is 0.277. The van der Waals surface area contributed by atoms with Crippen molar-refractivity contribution in [2.75, 3.05) is 0 Å². The van der Waals surface area contributed by atoms with Crippen LogP contribution in [-0.4, -0.2) is 39.8 Å². The summed E-state index contributed by atoms with van der Waals surface area (Å²) in [5, 5.41) is 31.5. The van der Waals surface area contributed by atoms with Crippen molar-refractivity contribution < 1.29 is 46.4 Å². The van der Waals surface area contributed by atoms with Crippen LogP contribution in [-0.2, 0) is 0 Å². The highest BCUT2D eigenvalue weighted by atomic mass is 19.4. The zero-order valence-corrected chi connectivity index (χ0v) is 24.5. The Bertz CT molecular complexity index is 1130. The van der Waals surface area contributed by atoms with Crippen LogP contribution in [0.2, 0.25) is 0 Å². The standard InChI is InChI=1S/C32H44F6O4/c1-17(5-4-6-25(39)19-8-7-18(15-24(19)33)42-32(36,37)38)20-9-10-21-27-22(11-13-29(20,21)2)30(3)14-12-26(40)28(41)23(30)16-31(27,34)35/h7-8,15,17,20-23,25-28,39-41H,4-6,9-14,16H2,1-3H3/t17-,20-,21+,22+,23+,25?,26+,27+,28-,29-,30-/m1/s1. The Labute approximate surface area is 243 Å². The van der Waals surface area contributed by atoms with Gasteiger partial charge >= 0.3 is 6.36 Å². The van der Waals surface area contributed by atoms with E-state index in [4.69, 9.17) is 0 Å². The van der Waals surface area contributed by atoms with Crippen molar-refractivity contribution in [2.45, 2.75) is 116 Å². The predicted octanol–water partition coefficient (Wildman–Crippen LogP) is 7.80. The van der Waals surface area contributed by atoms with E-state index in [0.717, 1.165) is 37.8 Å². The van der Waals surface area contributed by atoms with Gasteiger partial charge in [-0.3, -0.25) is 0 Å². The molecule has 5 rings (SSSR count). The minimum atomic E-state index is -4.94. The first-order chi connectivity index (χ1) is 19.5. The lowest BCUT2D eigenvalue weighted by Gasteiger charge is -2.63. The van der Waals surface area contributed by atoms with Crippen molar-refractivity contribution in [3.8, 4) is 5.75 Å². The fourth-order valence-electron chi connectivity index (χ4n) is 10.1. The zero-order valence-electron chi connectivity index (χ0n) is 24.5. The number of benzene rings is 1.